The van der Waals surface area contributed by atoms with Gasteiger partial charge in [0.1, 0.15) is 24.6 Å². The summed E-state index contributed by atoms with van der Waals surface area (Å²) < 4.78 is 17.4. The molecule has 0 fully saturated rings. The number of benzene rings is 1. The zero-order valence-electron chi connectivity index (χ0n) is 19.1. The molecule has 0 bridgehead atoms. The Labute approximate surface area is 191 Å². The van der Waals surface area contributed by atoms with Crippen LogP contribution in [0.1, 0.15) is 47.3 Å². The van der Waals surface area contributed by atoms with Gasteiger partial charge in [-0.15, -0.1) is 0 Å². The molecular weight excluding hydrogens is 430 g/mol. The van der Waals surface area contributed by atoms with Gasteiger partial charge in [-0.25, -0.2) is 9.47 Å². The Bertz CT molecular complexity index is 1090. The number of nitrogens with zero attached hydrogens (tertiary/aromatic N) is 3. The summed E-state index contributed by atoms with van der Waals surface area (Å²) in [4.78, 5) is 52.4. The average Bonchev–Trinajstić information content (AvgIpc) is 2.77. The number of ether oxygens (including phenoxy) is 3. The number of pyridine rings is 1. The molecule has 1 aliphatic rings. The van der Waals surface area contributed by atoms with Crippen molar-refractivity contribution in [2.75, 3.05) is 31.9 Å². The molecule has 2 aromatic rings. The molecule has 0 saturated heterocycles. The standard InChI is InChI=1S/C23H27N3O7/c1-23(2,3)33-22(30)25-15-24(10-11-31-4)21(29)19-20(18(28)12-17(13-27)26(19)25)32-14-16-8-6-5-7-9-16/h5-9,12-13H,10-11,14-15H2,1-4H3. The summed E-state index contributed by atoms with van der Waals surface area (Å²) in [7, 11) is 1.48. The summed E-state index contributed by atoms with van der Waals surface area (Å²) in [5.41, 5.74) is -1.10. The van der Waals surface area contributed by atoms with E-state index in [1.165, 1.54) is 12.0 Å². The lowest BCUT2D eigenvalue weighted by Gasteiger charge is -2.39. The fourth-order valence-electron chi connectivity index (χ4n) is 3.27. The first-order valence-electron chi connectivity index (χ1n) is 10.4. The van der Waals surface area contributed by atoms with Gasteiger partial charge in [-0.05, 0) is 26.3 Å². The van der Waals surface area contributed by atoms with Crippen molar-refractivity contribution in [1.29, 1.82) is 0 Å². The molecule has 0 aliphatic carbocycles. The number of hydrogen-bond donors (Lipinski definition) is 0. The molecule has 1 aliphatic heterocycles. The number of methoxy groups -OCH3 is 1. The van der Waals surface area contributed by atoms with Gasteiger partial charge in [0.25, 0.3) is 5.91 Å². The van der Waals surface area contributed by atoms with Crippen molar-refractivity contribution in [2.24, 2.45) is 0 Å². The van der Waals surface area contributed by atoms with E-state index >= 15 is 0 Å². The summed E-state index contributed by atoms with van der Waals surface area (Å²) in [6, 6.07) is 10.1. The summed E-state index contributed by atoms with van der Waals surface area (Å²) in [6.45, 7) is 5.25. The number of amides is 2. The third-order valence-corrected chi connectivity index (χ3v) is 4.73. The number of carbonyl (C=O) groups excluding carboxylic acids is 3. The van der Waals surface area contributed by atoms with Gasteiger partial charge in [-0.2, -0.15) is 5.01 Å². The molecule has 0 radical (unpaired) electrons. The Morgan fingerprint density at radius 1 is 1.15 bits per heavy atom. The van der Waals surface area contributed by atoms with Gasteiger partial charge in [0.2, 0.25) is 5.43 Å². The SMILES string of the molecule is COCCN1CN(C(=O)OC(C)(C)C)n2c(C=O)cc(=O)c(OCc3ccccc3)c2C1=O. The normalized spacial score (nSPS) is 13.5. The minimum absolute atomic E-state index is 0.0152. The largest absolute Gasteiger partial charge is 0.482 e. The highest BCUT2D eigenvalue weighted by molar-refractivity contribution is 5.99. The second-order valence-corrected chi connectivity index (χ2v) is 8.40. The van der Waals surface area contributed by atoms with Crippen LogP contribution in [0.2, 0.25) is 0 Å². The molecule has 1 aromatic heterocycles. The van der Waals surface area contributed by atoms with Gasteiger partial charge in [0.05, 0.1) is 6.61 Å². The van der Waals surface area contributed by atoms with E-state index in [2.05, 4.69) is 0 Å². The summed E-state index contributed by atoms with van der Waals surface area (Å²) in [5, 5.41) is 1.09. The fourth-order valence-corrected chi connectivity index (χ4v) is 3.27. The van der Waals surface area contributed by atoms with E-state index < -0.39 is 23.0 Å². The van der Waals surface area contributed by atoms with Crippen molar-refractivity contribution in [3.63, 3.8) is 0 Å². The summed E-state index contributed by atoms with van der Waals surface area (Å²) >= 11 is 0. The van der Waals surface area contributed by atoms with E-state index in [-0.39, 0.29) is 43.6 Å². The van der Waals surface area contributed by atoms with Crippen molar-refractivity contribution in [2.45, 2.75) is 33.0 Å². The molecule has 10 nitrogen and oxygen atoms in total. The van der Waals surface area contributed by atoms with Gasteiger partial charge < -0.3 is 19.1 Å². The maximum Gasteiger partial charge on any atom is 0.431 e. The Hall–Kier alpha value is -3.66. The fraction of sp³-hybridized carbons (Fsp3) is 0.391. The molecule has 0 spiro atoms. The van der Waals surface area contributed by atoms with Crippen LogP contribution in [0.15, 0.2) is 41.2 Å². The molecule has 0 atom stereocenters. The molecule has 2 heterocycles. The van der Waals surface area contributed by atoms with E-state index in [1.807, 2.05) is 30.3 Å². The number of rotatable bonds is 7. The highest BCUT2D eigenvalue weighted by atomic mass is 16.6. The van der Waals surface area contributed by atoms with Gasteiger partial charge in [-0.3, -0.25) is 14.4 Å². The Morgan fingerprint density at radius 2 is 1.85 bits per heavy atom. The predicted octanol–water partition coefficient (Wildman–Crippen LogP) is 2.17. The number of fused-ring (bicyclic) bond motifs is 1. The number of aldehydes is 1. The molecule has 176 valence electrons. The Balaban J connectivity index is 2.13. The lowest BCUT2D eigenvalue weighted by molar-refractivity contribution is 0.0424. The van der Waals surface area contributed by atoms with Crippen LogP contribution >= 0.6 is 0 Å². The van der Waals surface area contributed by atoms with E-state index in [1.54, 1.807) is 20.8 Å². The smallest absolute Gasteiger partial charge is 0.431 e. The lowest BCUT2D eigenvalue weighted by atomic mass is 10.2. The Kier molecular flexibility index (Phi) is 7.17. The zero-order valence-corrected chi connectivity index (χ0v) is 19.1. The minimum atomic E-state index is -0.830. The molecule has 2 amide bonds. The topological polar surface area (TPSA) is 107 Å². The van der Waals surface area contributed by atoms with Crippen LogP contribution in [0.3, 0.4) is 0 Å². The van der Waals surface area contributed by atoms with Crippen LogP contribution in [-0.4, -0.2) is 60.4 Å². The van der Waals surface area contributed by atoms with E-state index in [0.717, 1.165) is 21.3 Å². The van der Waals surface area contributed by atoms with Crippen molar-refractivity contribution in [3.05, 3.63) is 63.6 Å². The van der Waals surface area contributed by atoms with Gasteiger partial charge >= 0.3 is 6.09 Å². The van der Waals surface area contributed by atoms with E-state index in [0.29, 0.717) is 6.29 Å². The predicted molar refractivity (Wildman–Crippen MR) is 119 cm³/mol. The van der Waals surface area contributed by atoms with Crippen LogP contribution in [0.25, 0.3) is 0 Å². The minimum Gasteiger partial charge on any atom is -0.482 e. The van der Waals surface area contributed by atoms with Gasteiger partial charge in [0, 0.05) is 19.7 Å². The molecule has 0 saturated carbocycles. The van der Waals surface area contributed by atoms with Crippen molar-refractivity contribution < 1.29 is 28.6 Å². The van der Waals surface area contributed by atoms with Crippen molar-refractivity contribution >= 4 is 18.3 Å². The molecule has 1 aromatic carbocycles. The zero-order chi connectivity index (χ0) is 24.2. The average molecular weight is 457 g/mol. The Morgan fingerprint density at radius 3 is 2.45 bits per heavy atom. The number of aromatic nitrogens is 1. The van der Waals surface area contributed by atoms with Crippen molar-refractivity contribution in [1.82, 2.24) is 9.58 Å². The monoisotopic (exact) mass is 457 g/mol. The lowest BCUT2D eigenvalue weighted by Crippen LogP contribution is -2.58. The highest BCUT2D eigenvalue weighted by Gasteiger charge is 2.39. The third-order valence-electron chi connectivity index (χ3n) is 4.73. The first-order valence-corrected chi connectivity index (χ1v) is 10.4. The van der Waals surface area contributed by atoms with Crippen LogP contribution < -0.4 is 15.2 Å². The maximum atomic E-state index is 13.4. The van der Waals surface area contributed by atoms with E-state index in [9.17, 15) is 19.2 Å². The molecule has 33 heavy (non-hydrogen) atoms. The first kappa shape index (κ1) is 24.0. The quantitative estimate of drug-likeness (QED) is 0.587. The van der Waals surface area contributed by atoms with Crippen LogP contribution in [0.5, 0.6) is 5.75 Å². The molecule has 0 N–H and O–H groups in total. The summed E-state index contributed by atoms with van der Waals surface area (Å²) in [5.74, 6) is -0.833. The maximum absolute atomic E-state index is 13.4. The highest BCUT2D eigenvalue weighted by Crippen LogP contribution is 2.25. The summed E-state index contributed by atoms with van der Waals surface area (Å²) in [6.07, 6.45) is -0.388. The molecular formula is C23H27N3O7. The molecule has 10 heteroatoms. The van der Waals surface area contributed by atoms with Gasteiger partial charge in [-0.1, -0.05) is 30.3 Å². The number of carbonyl (C=O) groups is 3. The van der Waals surface area contributed by atoms with Crippen LogP contribution in [0, 0.1) is 0 Å². The van der Waals surface area contributed by atoms with Gasteiger partial charge in [0.15, 0.2) is 17.7 Å². The molecule has 0 unspecified atom stereocenters. The van der Waals surface area contributed by atoms with Crippen molar-refractivity contribution in [3.8, 4) is 5.75 Å². The van der Waals surface area contributed by atoms with Crippen LogP contribution in [-0.2, 0) is 16.1 Å². The second-order valence-electron chi connectivity index (χ2n) is 8.40. The molecule has 3 rings (SSSR count). The number of hydrogen-bond acceptors (Lipinski definition) is 7. The first-order chi connectivity index (χ1) is 15.7. The van der Waals surface area contributed by atoms with Crippen LogP contribution in [0.4, 0.5) is 4.79 Å². The second kappa shape index (κ2) is 9.86. The van der Waals surface area contributed by atoms with E-state index in [4.69, 9.17) is 14.2 Å². The third kappa shape index (κ3) is 5.40.